The molecule has 0 unspecified atom stereocenters. The minimum absolute atomic E-state index is 0.0747. The van der Waals surface area contributed by atoms with Crippen molar-refractivity contribution in [3.63, 3.8) is 0 Å². The molecule has 2 aromatic rings. The van der Waals surface area contributed by atoms with Gasteiger partial charge in [-0.15, -0.1) is 10.2 Å². The molecule has 0 atom stereocenters. The summed E-state index contributed by atoms with van der Waals surface area (Å²) in [4.78, 5) is 12.0. The van der Waals surface area contributed by atoms with Gasteiger partial charge >= 0.3 is 0 Å². The summed E-state index contributed by atoms with van der Waals surface area (Å²) in [6, 6.07) is 9.22. The van der Waals surface area contributed by atoms with Gasteiger partial charge in [-0.3, -0.25) is 4.79 Å². The van der Waals surface area contributed by atoms with Crippen LogP contribution in [0.1, 0.15) is 25.2 Å². The molecule has 0 saturated heterocycles. The summed E-state index contributed by atoms with van der Waals surface area (Å²) in [6.45, 7) is 6.70. The standard InChI is InChI=1S/C16H19N5O/c1-11(2)9-18-15(22)10-21-12(3)19-20-16(21)14-6-4-5-13(7-14)8-17/h4-7,11H,9-10H2,1-3H3,(H,18,22). The molecule has 0 aliphatic heterocycles. The maximum atomic E-state index is 12.0. The highest BCUT2D eigenvalue weighted by molar-refractivity contribution is 5.76. The van der Waals surface area contributed by atoms with Crippen LogP contribution in [0.2, 0.25) is 0 Å². The number of hydrogen-bond donors (Lipinski definition) is 1. The Bertz CT molecular complexity index is 712. The highest BCUT2D eigenvalue weighted by Crippen LogP contribution is 2.19. The zero-order chi connectivity index (χ0) is 16.1. The number of aryl methyl sites for hydroxylation is 1. The summed E-state index contributed by atoms with van der Waals surface area (Å²) in [5.41, 5.74) is 1.32. The molecular formula is C16H19N5O. The van der Waals surface area contributed by atoms with E-state index in [1.807, 2.05) is 19.9 Å². The van der Waals surface area contributed by atoms with Crippen molar-refractivity contribution in [1.29, 1.82) is 5.26 Å². The zero-order valence-electron chi connectivity index (χ0n) is 13.0. The van der Waals surface area contributed by atoms with Gasteiger partial charge in [0.25, 0.3) is 0 Å². The molecule has 1 amide bonds. The molecule has 0 aliphatic rings. The van der Waals surface area contributed by atoms with Gasteiger partial charge in [0.05, 0.1) is 11.6 Å². The minimum Gasteiger partial charge on any atom is -0.354 e. The molecule has 0 radical (unpaired) electrons. The molecule has 1 aromatic heterocycles. The summed E-state index contributed by atoms with van der Waals surface area (Å²) in [5, 5.41) is 20.1. The van der Waals surface area contributed by atoms with Crippen molar-refractivity contribution in [1.82, 2.24) is 20.1 Å². The second-order valence-electron chi connectivity index (χ2n) is 5.55. The molecule has 0 aliphatic carbocycles. The summed E-state index contributed by atoms with van der Waals surface area (Å²) in [6.07, 6.45) is 0. The van der Waals surface area contributed by atoms with Crippen LogP contribution in [0.5, 0.6) is 0 Å². The third-order valence-electron chi connectivity index (χ3n) is 3.19. The average molecular weight is 297 g/mol. The van der Waals surface area contributed by atoms with Crippen LogP contribution >= 0.6 is 0 Å². The van der Waals surface area contributed by atoms with E-state index in [4.69, 9.17) is 5.26 Å². The number of aromatic nitrogens is 3. The first-order chi connectivity index (χ1) is 10.5. The van der Waals surface area contributed by atoms with E-state index in [0.717, 1.165) is 5.56 Å². The molecule has 22 heavy (non-hydrogen) atoms. The summed E-state index contributed by atoms with van der Waals surface area (Å²) in [5.74, 6) is 1.58. The molecule has 0 spiro atoms. The summed E-state index contributed by atoms with van der Waals surface area (Å²) >= 11 is 0. The smallest absolute Gasteiger partial charge is 0.240 e. The maximum absolute atomic E-state index is 12.0. The van der Waals surface area contributed by atoms with E-state index in [9.17, 15) is 4.79 Å². The highest BCUT2D eigenvalue weighted by Gasteiger charge is 2.14. The zero-order valence-corrected chi connectivity index (χ0v) is 13.0. The van der Waals surface area contributed by atoms with Gasteiger partial charge in [0.15, 0.2) is 5.82 Å². The highest BCUT2D eigenvalue weighted by atomic mass is 16.1. The molecule has 6 nitrogen and oxygen atoms in total. The van der Waals surface area contributed by atoms with E-state index in [1.165, 1.54) is 0 Å². The quantitative estimate of drug-likeness (QED) is 0.913. The third kappa shape index (κ3) is 3.70. The Kier molecular flexibility index (Phi) is 4.89. The van der Waals surface area contributed by atoms with Crippen molar-refractivity contribution < 1.29 is 4.79 Å². The van der Waals surface area contributed by atoms with Crippen LogP contribution in [0, 0.1) is 24.2 Å². The van der Waals surface area contributed by atoms with Crippen LogP contribution in [-0.4, -0.2) is 27.2 Å². The Balaban J connectivity index is 2.24. The predicted molar refractivity (Wildman–Crippen MR) is 82.8 cm³/mol. The molecule has 114 valence electrons. The molecule has 0 bridgehead atoms. The van der Waals surface area contributed by atoms with Crippen molar-refractivity contribution in [3.05, 3.63) is 35.7 Å². The van der Waals surface area contributed by atoms with Crippen LogP contribution in [0.25, 0.3) is 11.4 Å². The van der Waals surface area contributed by atoms with Crippen LogP contribution in [0.4, 0.5) is 0 Å². The fraction of sp³-hybridized carbons (Fsp3) is 0.375. The van der Waals surface area contributed by atoms with Crippen molar-refractivity contribution in [3.8, 4) is 17.5 Å². The molecule has 1 aromatic carbocycles. The second-order valence-corrected chi connectivity index (χ2v) is 5.55. The second kappa shape index (κ2) is 6.85. The summed E-state index contributed by atoms with van der Waals surface area (Å²) in [7, 11) is 0. The molecule has 2 rings (SSSR count). The Morgan fingerprint density at radius 3 is 2.86 bits per heavy atom. The lowest BCUT2D eigenvalue weighted by Gasteiger charge is -2.11. The van der Waals surface area contributed by atoms with Gasteiger partial charge in [-0.1, -0.05) is 26.0 Å². The number of amides is 1. The van der Waals surface area contributed by atoms with E-state index < -0.39 is 0 Å². The van der Waals surface area contributed by atoms with E-state index >= 15 is 0 Å². The lowest BCUT2D eigenvalue weighted by Crippen LogP contribution is -2.31. The number of rotatable bonds is 5. The monoisotopic (exact) mass is 297 g/mol. The van der Waals surface area contributed by atoms with Gasteiger partial charge in [0, 0.05) is 12.1 Å². The number of carbonyl (C=O) groups is 1. The number of hydrogen-bond acceptors (Lipinski definition) is 4. The van der Waals surface area contributed by atoms with Gasteiger partial charge in [0.1, 0.15) is 12.4 Å². The molecule has 0 fully saturated rings. The van der Waals surface area contributed by atoms with Crippen LogP contribution in [0.3, 0.4) is 0 Å². The van der Waals surface area contributed by atoms with Crippen molar-refractivity contribution >= 4 is 5.91 Å². The topological polar surface area (TPSA) is 83.6 Å². The normalized spacial score (nSPS) is 10.5. The number of benzene rings is 1. The van der Waals surface area contributed by atoms with Gasteiger partial charge in [-0.25, -0.2) is 0 Å². The number of carbonyl (C=O) groups excluding carboxylic acids is 1. The molecule has 1 N–H and O–H groups in total. The minimum atomic E-state index is -0.0747. The maximum Gasteiger partial charge on any atom is 0.240 e. The van der Waals surface area contributed by atoms with E-state index in [1.54, 1.807) is 29.7 Å². The fourth-order valence-electron chi connectivity index (χ4n) is 2.03. The molecule has 1 heterocycles. The van der Waals surface area contributed by atoms with Crippen LogP contribution < -0.4 is 5.32 Å². The number of nitriles is 1. The lowest BCUT2D eigenvalue weighted by atomic mass is 10.1. The molecule has 6 heteroatoms. The largest absolute Gasteiger partial charge is 0.354 e. The van der Waals surface area contributed by atoms with Gasteiger partial charge < -0.3 is 9.88 Å². The Hall–Kier alpha value is -2.68. The average Bonchev–Trinajstić information content (AvgIpc) is 2.86. The number of nitrogens with one attached hydrogen (secondary N) is 1. The van der Waals surface area contributed by atoms with E-state index in [2.05, 4.69) is 21.6 Å². The first-order valence-electron chi connectivity index (χ1n) is 7.18. The van der Waals surface area contributed by atoms with Crippen molar-refractivity contribution in [2.75, 3.05) is 6.54 Å². The van der Waals surface area contributed by atoms with Gasteiger partial charge in [-0.2, -0.15) is 5.26 Å². The van der Waals surface area contributed by atoms with Crippen LogP contribution in [-0.2, 0) is 11.3 Å². The first kappa shape index (κ1) is 15.7. The molecular weight excluding hydrogens is 278 g/mol. The summed E-state index contributed by atoms with van der Waals surface area (Å²) < 4.78 is 1.76. The van der Waals surface area contributed by atoms with E-state index in [0.29, 0.717) is 29.7 Å². The Labute approximate surface area is 129 Å². The van der Waals surface area contributed by atoms with Crippen LogP contribution in [0.15, 0.2) is 24.3 Å². The van der Waals surface area contributed by atoms with Crippen molar-refractivity contribution in [2.24, 2.45) is 5.92 Å². The molecule has 0 saturated carbocycles. The first-order valence-corrected chi connectivity index (χ1v) is 7.18. The SMILES string of the molecule is Cc1nnc(-c2cccc(C#N)c2)n1CC(=O)NCC(C)C. The van der Waals surface area contributed by atoms with Gasteiger partial charge in [-0.05, 0) is 25.0 Å². The lowest BCUT2D eigenvalue weighted by molar-refractivity contribution is -0.121. The third-order valence-corrected chi connectivity index (χ3v) is 3.19. The Morgan fingerprint density at radius 1 is 1.41 bits per heavy atom. The Morgan fingerprint density at radius 2 is 2.18 bits per heavy atom. The van der Waals surface area contributed by atoms with Crippen molar-refractivity contribution in [2.45, 2.75) is 27.3 Å². The predicted octanol–water partition coefficient (Wildman–Crippen LogP) is 1.90. The van der Waals surface area contributed by atoms with Gasteiger partial charge in [0.2, 0.25) is 5.91 Å². The number of nitrogens with zero attached hydrogens (tertiary/aromatic N) is 4. The fourth-order valence-corrected chi connectivity index (χ4v) is 2.03. The van der Waals surface area contributed by atoms with E-state index in [-0.39, 0.29) is 12.5 Å².